The molecule has 0 saturated heterocycles. The Bertz CT molecular complexity index is 1110. The summed E-state index contributed by atoms with van der Waals surface area (Å²) in [5.74, 6) is 0.657. The smallest absolute Gasteiger partial charge is 0.223 e. The number of hydrogen-bond acceptors (Lipinski definition) is 6. The molecular formula is C21H21N5OS. The number of aromatic nitrogens is 3. The molecule has 142 valence electrons. The van der Waals surface area contributed by atoms with Crippen molar-refractivity contribution < 1.29 is 4.74 Å². The van der Waals surface area contributed by atoms with Crippen LogP contribution in [0.4, 0.5) is 0 Å². The molecule has 2 N–H and O–H groups in total. The molecule has 0 spiro atoms. The van der Waals surface area contributed by atoms with E-state index in [0.717, 1.165) is 53.3 Å². The van der Waals surface area contributed by atoms with Gasteiger partial charge in [0.2, 0.25) is 5.88 Å². The van der Waals surface area contributed by atoms with E-state index < -0.39 is 0 Å². The molecule has 3 aromatic heterocycles. The van der Waals surface area contributed by atoms with E-state index in [4.69, 9.17) is 10.00 Å². The number of unbranched alkanes of at least 4 members (excludes halogenated alkanes) is 1. The van der Waals surface area contributed by atoms with Crippen LogP contribution in [-0.2, 0) is 6.42 Å². The SMILES string of the molecule is N#Cc1ccc2[nH]cc(CCCCNCCOc3nccc4sncc34)c2c1. The standard InChI is InChI=1S/C21H21N5OS/c22-12-15-4-5-19-17(11-15)16(13-25-19)3-1-2-7-23-9-10-27-21-18-14-26-28-20(18)6-8-24-21/h4-6,8,11,13-14,23,25H,1-3,7,9-10H2. The molecular weight excluding hydrogens is 370 g/mol. The summed E-state index contributed by atoms with van der Waals surface area (Å²) in [6, 6.07) is 9.95. The Labute approximate surface area is 167 Å². The second-order valence-electron chi connectivity index (χ2n) is 6.60. The highest BCUT2D eigenvalue weighted by Crippen LogP contribution is 2.25. The second kappa shape index (κ2) is 8.83. The molecule has 7 heteroatoms. The lowest BCUT2D eigenvalue weighted by atomic mass is 10.1. The fourth-order valence-electron chi connectivity index (χ4n) is 3.25. The van der Waals surface area contributed by atoms with Gasteiger partial charge in [0.1, 0.15) is 6.61 Å². The molecule has 4 rings (SSSR count). The Morgan fingerprint density at radius 3 is 3.07 bits per heavy atom. The van der Waals surface area contributed by atoms with Crippen molar-refractivity contribution in [1.29, 1.82) is 5.26 Å². The zero-order valence-electron chi connectivity index (χ0n) is 15.4. The van der Waals surface area contributed by atoms with E-state index in [2.05, 4.69) is 31.9 Å². The minimum atomic E-state index is 0.585. The number of benzene rings is 1. The van der Waals surface area contributed by atoms with Gasteiger partial charge in [-0.1, -0.05) is 0 Å². The Morgan fingerprint density at radius 1 is 1.18 bits per heavy atom. The summed E-state index contributed by atoms with van der Waals surface area (Å²) >= 11 is 1.45. The predicted octanol–water partition coefficient (Wildman–Crippen LogP) is 4.04. The number of pyridine rings is 1. The third-order valence-electron chi connectivity index (χ3n) is 4.71. The van der Waals surface area contributed by atoms with Gasteiger partial charge in [0.15, 0.2) is 0 Å². The lowest BCUT2D eigenvalue weighted by molar-refractivity contribution is 0.306. The van der Waals surface area contributed by atoms with E-state index in [0.29, 0.717) is 18.1 Å². The molecule has 6 nitrogen and oxygen atoms in total. The number of aryl methyl sites for hydroxylation is 1. The van der Waals surface area contributed by atoms with E-state index in [1.807, 2.05) is 24.3 Å². The number of nitrogens with zero attached hydrogens (tertiary/aromatic N) is 3. The van der Waals surface area contributed by atoms with Gasteiger partial charge in [0.05, 0.1) is 27.9 Å². The average molecular weight is 392 g/mol. The molecule has 28 heavy (non-hydrogen) atoms. The normalized spacial score (nSPS) is 11.1. The van der Waals surface area contributed by atoms with Crippen LogP contribution in [0, 0.1) is 11.3 Å². The number of fused-ring (bicyclic) bond motifs is 2. The van der Waals surface area contributed by atoms with Crippen molar-refractivity contribution in [1.82, 2.24) is 19.7 Å². The summed E-state index contributed by atoms with van der Waals surface area (Å²) in [6.45, 7) is 2.32. The van der Waals surface area contributed by atoms with Crippen molar-refractivity contribution in [3.8, 4) is 11.9 Å². The van der Waals surface area contributed by atoms with Crippen LogP contribution in [0.3, 0.4) is 0 Å². The number of hydrogen-bond donors (Lipinski definition) is 2. The minimum Gasteiger partial charge on any atom is -0.476 e. The molecule has 0 aliphatic heterocycles. The maximum Gasteiger partial charge on any atom is 0.223 e. The molecule has 0 atom stereocenters. The molecule has 0 bridgehead atoms. The second-order valence-corrected chi connectivity index (χ2v) is 7.43. The maximum absolute atomic E-state index is 9.07. The van der Waals surface area contributed by atoms with Gasteiger partial charge in [-0.15, -0.1) is 0 Å². The van der Waals surface area contributed by atoms with Crippen molar-refractivity contribution in [2.45, 2.75) is 19.3 Å². The summed E-state index contributed by atoms with van der Waals surface area (Å²) in [7, 11) is 0. The van der Waals surface area contributed by atoms with Gasteiger partial charge in [-0.2, -0.15) is 9.64 Å². The van der Waals surface area contributed by atoms with Crippen molar-refractivity contribution >= 4 is 32.5 Å². The highest BCUT2D eigenvalue weighted by molar-refractivity contribution is 7.13. The van der Waals surface area contributed by atoms with Gasteiger partial charge in [0.25, 0.3) is 0 Å². The van der Waals surface area contributed by atoms with E-state index in [-0.39, 0.29) is 0 Å². The van der Waals surface area contributed by atoms with Crippen molar-refractivity contribution in [3.63, 3.8) is 0 Å². The van der Waals surface area contributed by atoms with Crippen LogP contribution in [0.1, 0.15) is 24.0 Å². The Hall–Kier alpha value is -2.95. The summed E-state index contributed by atoms with van der Waals surface area (Å²) in [4.78, 5) is 7.57. The molecule has 1 aromatic carbocycles. The fraction of sp³-hybridized carbons (Fsp3) is 0.286. The Kier molecular flexibility index (Phi) is 5.80. The zero-order chi connectivity index (χ0) is 19.2. The number of rotatable bonds is 9. The highest BCUT2D eigenvalue weighted by atomic mass is 32.1. The number of nitriles is 1. The predicted molar refractivity (Wildman–Crippen MR) is 112 cm³/mol. The molecule has 0 fully saturated rings. The third kappa shape index (κ3) is 4.14. The number of H-pyrrole nitrogens is 1. The summed E-state index contributed by atoms with van der Waals surface area (Å²) < 4.78 is 11.0. The summed E-state index contributed by atoms with van der Waals surface area (Å²) in [5.41, 5.74) is 3.08. The quantitative estimate of drug-likeness (QED) is 0.421. The van der Waals surface area contributed by atoms with Gasteiger partial charge in [-0.3, -0.25) is 0 Å². The van der Waals surface area contributed by atoms with E-state index in [1.165, 1.54) is 17.1 Å². The van der Waals surface area contributed by atoms with Crippen LogP contribution in [0.5, 0.6) is 5.88 Å². The Balaban J connectivity index is 1.16. The monoisotopic (exact) mass is 391 g/mol. The van der Waals surface area contributed by atoms with E-state index in [9.17, 15) is 0 Å². The molecule has 3 heterocycles. The first-order valence-corrected chi connectivity index (χ1v) is 10.2. The molecule has 0 amide bonds. The van der Waals surface area contributed by atoms with Crippen LogP contribution in [0.25, 0.3) is 21.0 Å². The maximum atomic E-state index is 9.07. The molecule has 0 radical (unpaired) electrons. The largest absolute Gasteiger partial charge is 0.476 e. The van der Waals surface area contributed by atoms with Crippen molar-refractivity contribution in [2.24, 2.45) is 0 Å². The third-order valence-corrected chi connectivity index (χ3v) is 5.47. The highest BCUT2D eigenvalue weighted by Gasteiger charge is 2.06. The lowest BCUT2D eigenvalue weighted by Crippen LogP contribution is -2.22. The first-order valence-electron chi connectivity index (χ1n) is 9.38. The number of ether oxygens (including phenoxy) is 1. The topological polar surface area (TPSA) is 86.6 Å². The fourth-order valence-corrected chi connectivity index (χ4v) is 3.88. The average Bonchev–Trinajstić information content (AvgIpc) is 3.37. The van der Waals surface area contributed by atoms with Crippen molar-refractivity contribution in [3.05, 3.63) is 54.0 Å². The van der Waals surface area contributed by atoms with Crippen LogP contribution < -0.4 is 10.1 Å². The summed E-state index contributed by atoms with van der Waals surface area (Å²) in [6.07, 6.45) is 8.81. The number of aromatic amines is 1. The van der Waals surface area contributed by atoms with Gasteiger partial charge < -0.3 is 15.0 Å². The minimum absolute atomic E-state index is 0.585. The molecule has 0 aliphatic carbocycles. The van der Waals surface area contributed by atoms with Crippen LogP contribution in [0.15, 0.2) is 42.9 Å². The van der Waals surface area contributed by atoms with Crippen LogP contribution in [0.2, 0.25) is 0 Å². The first kappa shape index (κ1) is 18.4. The van der Waals surface area contributed by atoms with Gasteiger partial charge in [-0.05, 0) is 67.2 Å². The lowest BCUT2D eigenvalue weighted by Gasteiger charge is -2.07. The zero-order valence-corrected chi connectivity index (χ0v) is 16.3. The summed E-state index contributed by atoms with van der Waals surface area (Å²) in [5, 5.41) is 14.6. The van der Waals surface area contributed by atoms with Crippen LogP contribution >= 0.6 is 11.5 Å². The van der Waals surface area contributed by atoms with Crippen LogP contribution in [-0.4, -0.2) is 34.0 Å². The van der Waals surface area contributed by atoms with E-state index in [1.54, 1.807) is 12.4 Å². The molecule has 0 unspecified atom stereocenters. The van der Waals surface area contributed by atoms with Crippen molar-refractivity contribution in [2.75, 3.05) is 19.7 Å². The first-order chi connectivity index (χ1) is 13.8. The molecule has 0 aliphatic rings. The molecule has 4 aromatic rings. The van der Waals surface area contributed by atoms with E-state index >= 15 is 0 Å². The molecule has 0 saturated carbocycles. The van der Waals surface area contributed by atoms with Gasteiger partial charge in [-0.25, -0.2) is 4.98 Å². The Morgan fingerprint density at radius 2 is 2.14 bits per heavy atom. The van der Waals surface area contributed by atoms with Gasteiger partial charge in [0, 0.05) is 29.8 Å². The van der Waals surface area contributed by atoms with Gasteiger partial charge >= 0.3 is 0 Å². The number of nitrogens with one attached hydrogen (secondary N) is 2.